The van der Waals surface area contributed by atoms with Crippen molar-refractivity contribution in [3.05, 3.63) is 40.9 Å². The molecule has 0 fully saturated rings. The molecular weight excluding hydrogens is 292 g/mol. The summed E-state index contributed by atoms with van der Waals surface area (Å²) in [5, 5.41) is 2.97. The van der Waals surface area contributed by atoms with Gasteiger partial charge in [0.1, 0.15) is 5.01 Å². The van der Waals surface area contributed by atoms with Crippen molar-refractivity contribution in [2.45, 2.75) is 20.3 Å². The van der Waals surface area contributed by atoms with E-state index in [0.717, 1.165) is 16.3 Å². The van der Waals surface area contributed by atoms with Gasteiger partial charge in [-0.3, -0.25) is 0 Å². The van der Waals surface area contributed by atoms with Gasteiger partial charge in [-0.1, -0.05) is 24.3 Å². The smallest absolute Gasteiger partial charge is 0.211 e. The van der Waals surface area contributed by atoms with Crippen molar-refractivity contribution in [3.8, 4) is 10.6 Å². The number of hydrogen-bond acceptors (Lipinski definition) is 4. The second kappa shape index (κ2) is 6.47. The number of aryl methyl sites for hydroxylation is 1. The second-order valence-electron chi connectivity index (χ2n) is 4.51. The molecule has 0 amide bonds. The summed E-state index contributed by atoms with van der Waals surface area (Å²) < 4.78 is 25.2. The fourth-order valence-electron chi connectivity index (χ4n) is 1.80. The van der Waals surface area contributed by atoms with Gasteiger partial charge in [-0.25, -0.2) is 18.1 Å². The minimum absolute atomic E-state index is 0.110. The van der Waals surface area contributed by atoms with Gasteiger partial charge in [-0.05, 0) is 19.4 Å². The van der Waals surface area contributed by atoms with E-state index in [4.69, 9.17) is 0 Å². The van der Waals surface area contributed by atoms with Crippen LogP contribution in [0.1, 0.15) is 18.2 Å². The maximum Gasteiger partial charge on any atom is 0.211 e. The van der Waals surface area contributed by atoms with Crippen LogP contribution in [0.4, 0.5) is 0 Å². The third kappa shape index (κ3) is 3.88. The highest BCUT2D eigenvalue weighted by Gasteiger charge is 2.09. The molecule has 0 bridgehead atoms. The minimum Gasteiger partial charge on any atom is -0.241 e. The molecular formula is C14H18N2O2S2. The van der Waals surface area contributed by atoms with Crippen molar-refractivity contribution in [2.24, 2.45) is 0 Å². The number of benzene rings is 1. The first kappa shape index (κ1) is 15.2. The summed E-state index contributed by atoms with van der Waals surface area (Å²) in [5.41, 5.74) is 3.25. The maximum atomic E-state index is 11.3. The van der Waals surface area contributed by atoms with Crippen LogP contribution in [0.5, 0.6) is 0 Å². The van der Waals surface area contributed by atoms with E-state index in [1.165, 1.54) is 5.56 Å². The summed E-state index contributed by atoms with van der Waals surface area (Å²) in [7, 11) is -3.12. The number of thiazole rings is 1. The van der Waals surface area contributed by atoms with Crippen molar-refractivity contribution in [3.63, 3.8) is 0 Å². The van der Waals surface area contributed by atoms with E-state index in [9.17, 15) is 8.42 Å². The summed E-state index contributed by atoms with van der Waals surface area (Å²) in [6, 6.07) is 8.12. The van der Waals surface area contributed by atoms with E-state index in [0.29, 0.717) is 13.0 Å². The van der Waals surface area contributed by atoms with Crippen LogP contribution in [-0.2, 0) is 16.4 Å². The van der Waals surface area contributed by atoms with Gasteiger partial charge in [0.25, 0.3) is 0 Å². The summed E-state index contributed by atoms with van der Waals surface area (Å²) in [4.78, 5) is 4.57. The lowest BCUT2D eigenvalue weighted by atomic mass is 10.1. The van der Waals surface area contributed by atoms with E-state index >= 15 is 0 Å². The monoisotopic (exact) mass is 310 g/mol. The molecule has 0 atom stereocenters. The molecule has 1 heterocycles. The van der Waals surface area contributed by atoms with Gasteiger partial charge in [-0.2, -0.15) is 0 Å². The Balaban J connectivity index is 2.02. The van der Waals surface area contributed by atoms with Gasteiger partial charge in [0.2, 0.25) is 10.0 Å². The molecule has 1 aromatic carbocycles. The molecule has 6 heteroatoms. The van der Waals surface area contributed by atoms with Gasteiger partial charge in [0, 0.05) is 23.9 Å². The molecule has 0 aliphatic rings. The predicted molar refractivity (Wildman–Crippen MR) is 83.5 cm³/mol. The van der Waals surface area contributed by atoms with Crippen LogP contribution >= 0.6 is 11.3 Å². The van der Waals surface area contributed by atoms with Crippen molar-refractivity contribution in [1.82, 2.24) is 9.71 Å². The Bertz CT molecular complexity index is 678. The largest absolute Gasteiger partial charge is 0.241 e. The summed E-state index contributed by atoms with van der Waals surface area (Å²) in [5.74, 6) is 0.110. The zero-order valence-electron chi connectivity index (χ0n) is 11.6. The van der Waals surface area contributed by atoms with E-state index < -0.39 is 10.0 Å². The molecule has 0 aliphatic carbocycles. The lowest BCUT2D eigenvalue weighted by Gasteiger charge is -2.02. The molecule has 0 unspecified atom stereocenters. The number of hydrogen-bond donors (Lipinski definition) is 1. The van der Waals surface area contributed by atoms with Crippen LogP contribution in [0.15, 0.2) is 29.6 Å². The van der Waals surface area contributed by atoms with Crippen molar-refractivity contribution < 1.29 is 8.42 Å². The lowest BCUT2D eigenvalue weighted by Crippen LogP contribution is -2.27. The van der Waals surface area contributed by atoms with E-state index in [-0.39, 0.29) is 5.75 Å². The average Bonchev–Trinajstić information content (AvgIpc) is 2.88. The summed E-state index contributed by atoms with van der Waals surface area (Å²) >= 11 is 1.59. The normalized spacial score (nSPS) is 11.7. The third-order valence-corrected chi connectivity index (χ3v) is 5.34. The first-order valence-corrected chi connectivity index (χ1v) is 9.03. The van der Waals surface area contributed by atoms with Crippen molar-refractivity contribution in [1.29, 1.82) is 0 Å². The molecule has 0 radical (unpaired) electrons. The molecule has 20 heavy (non-hydrogen) atoms. The number of nitrogens with zero attached hydrogens (tertiary/aromatic N) is 1. The van der Waals surface area contributed by atoms with E-state index in [1.54, 1.807) is 18.3 Å². The Hall–Kier alpha value is -1.24. The third-order valence-electron chi connectivity index (χ3n) is 3.01. The first-order valence-electron chi connectivity index (χ1n) is 6.49. The van der Waals surface area contributed by atoms with Crippen LogP contribution in [0.2, 0.25) is 0 Å². The topological polar surface area (TPSA) is 59.1 Å². The highest BCUT2D eigenvalue weighted by Crippen LogP contribution is 2.26. The summed E-state index contributed by atoms with van der Waals surface area (Å²) in [6.45, 7) is 4.08. The molecule has 0 saturated heterocycles. The average molecular weight is 310 g/mol. The fraction of sp³-hybridized carbons (Fsp3) is 0.357. The van der Waals surface area contributed by atoms with Gasteiger partial charge < -0.3 is 0 Å². The van der Waals surface area contributed by atoms with Crippen LogP contribution in [-0.4, -0.2) is 25.7 Å². The van der Waals surface area contributed by atoms with Gasteiger partial charge in [0.05, 0.1) is 11.4 Å². The predicted octanol–water partition coefficient (Wildman–Crippen LogP) is 2.60. The quantitative estimate of drug-likeness (QED) is 0.892. The molecule has 2 rings (SSSR count). The van der Waals surface area contributed by atoms with Crippen LogP contribution < -0.4 is 4.72 Å². The molecule has 4 nitrogen and oxygen atoms in total. The van der Waals surface area contributed by atoms with Crippen LogP contribution in [0, 0.1) is 6.92 Å². The van der Waals surface area contributed by atoms with Gasteiger partial charge in [0.15, 0.2) is 0 Å². The molecule has 1 N–H and O–H groups in total. The Labute approximate surface area is 123 Å². The van der Waals surface area contributed by atoms with Gasteiger partial charge in [-0.15, -0.1) is 11.3 Å². The number of sulfonamides is 1. The molecule has 108 valence electrons. The SMILES string of the molecule is CCS(=O)(=O)NCCc1csc(-c2ccccc2C)n1. The lowest BCUT2D eigenvalue weighted by molar-refractivity contribution is 0.582. The molecule has 0 saturated carbocycles. The molecule has 0 aliphatic heterocycles. The maximum absolute atomic E-state index is 11.3. The summed E-state index contributed by atoms with van der Waals surface area (Å²) in [6.07, 6.45) is 0.613. The second-order valence-corrected chi connectivity index (χ2v) is 7.46. The number of nitrogens with one attached hydrogen (secondary N) is 1. The Morgan fingerprint density at radius 3 is 2.75 bits per heavy atom. The first-order chi connectivity index (χ1) is 9.52. The number of aromatic nitrogens is 1. The van der Waals surface area contributed by atoms with Crippen LogP contribution in [0.25, 0.3) is 10.6 Å². The highest BCUT2D eigenvalue weighted by molar-refractivity contribution is 7.89. The number of rotatable bonds is 6. The Morgan fingerprint density at radius 1 is 1.30 bits per heavy atom. The highest BCUT2D eigenvalue weighted by atomic mass is 32.2. The molecule has 1 aromatic heterocycles. The van der Waals surface area contributed by atoms with Gasteiger partial charge >= 0.3 is 0 Å². The zero-order valence-corrected chi connectivity index (χ0v) is 13.2. The van der Waals surface area contributed by atoms with Crippen molar-refractivity contribution in [2.75, 3.05) is 12.3 Å². The van der Waals surface area contributed by atoms with Crippen LogP contribution in [0.3, 0.4) is 0 Å². The van der Waals surface area contributed by atoms with Crippen molar-refractivity contribution >= 4 is 21.4 Å². The van der Waals surface area contributed by atoms with E-state index in [1.807, 2.05) is 17.5 Å². The molecule has 2 aromatic rings. The Kier molecular flexibility index (Phi) is 4.91. The zero-order chi connectivity index (χ0) is 14.6. The standard InChI is InChI=1S/C14H18N2O2S2/c1-3-20(17,18)15-9-8-12-10-19-14(16-12)13-7-5-4-6-11(13)2/h4-7,10,15H,3,8-9H2,1-2H3. The van der Waals surface area contributed by atoms with E-state index in [2.05, 4.69) is 28.8 Å². The fourth-order valence-corrected chi connectivity index (χ4v) is 3.36. The Morgan fingerprint density at radius 2 is 2.05 bits per heavy atom. The molecule has 0 spiro atoms. The minimum atomic E-state index is -3.12.